The van der Waals surface area contributed by atoms with Crippen LogP contribution in [0.3, 0.4) is 0 Å². The van der Waals surface area contributed by atoms with E-state index in [0.717, 1.165) is 29.3 Å². The van der Waals surface area contributed by atoms with Gasteiger partial charge in [-0.15, -0.1) is 0 Å². The average molecular weight is 310 g/mol. The number of nitrogens with zero attached hydrogens (tertiary/aromatic N) is 1. The molecule has 3 nitrogen and oxygen atoms in total. The van der Waals surface area contributed by atoms with Crippen LogP contribution in [0, 0.1) is 17.3 Å². The summed E-state index contributed by atoms with van der Waals surface area (Å²) in [5.74, 6) is 0.375. The lowest BCUT2D eigenvalue weighted by atomic mass is 9.69. The summed E-state index contributed by atoms with van der Waals surface area (Å²) >= 11 is 3.40. The van der Waals surface area contributed by atoms with Crippen molar-refractivity contribution >= 4 is 21.9 Å². The number of carboxylic acids is 1. The van der Waals surface area contributed by atoms with Gasteiger partial charge in [-0.05, 0) is 65.1 Å². The molecule has 2 bridgehead atoms. The van der Waals surface area contributed by atoms with Gasteiger partial charge in [-0.2, -0.15) is 0 Å². The second kappa shape index (κ2) is 4.34. The normalized spacial score (nSPS) is 33.8. The van der Waals surface area contributed by atoms with E-state index in [0.29, 0.717) is 18.3 Å². The summed E-state index contributed by atoms with van der Waals surface area (Å²) in [6.45, 7) is 0. The summed E-state index contributed by atoms with van der Waals surface area (Å²) in [5.41, 5.74) is 0.491. The Morgan fingerprint density at radius 3 is 2.89 bits per heavy atom. The van der Waals surface area contributed by atoms with Gasteiger partial charge in [-0.1, -0.05) is 6.42 Å². The van der Waals surface area contributed by atoms with Crippen molar-refractivity contribution in [2.24, 2.45) is 17.3 Å². The molecule has 0 amide bonds. The van der Waals surface area contributed by atoms with Gasteiger partial charge in [0.15, 0.2) is 0 Å². The lowest BCUT2D eigenvalue weighted by Gasteiger charge is -2.33. The predicted octanol–water partition coefficient (Wildman–Crippen LogP) is 3.28. The topological polar surface area (TPSA) is 50.2 Å². The quantitative estimate of drug-likeness (QED) is 0.932. The molecule has 3 unspecified atom stereocenters. The third-order valence-corrected chi connectivity index (χ3v) is 5.12. The van der Waals surface area contributed by atoms with Crippen molar-refractivity contribution in [2.75, 3.05) is 0 Å². The van der Waals surface area contributed by atoms with Gasteiger partial charge in [0, 0.05) is 16.9 Å². The van der Waals surface area contributed by atoms with Gasteiger partial charge in [-0.3, -0.25) is 9.78 Å². The van der Waals surface area contributed by atoms with Crippen molar-refractivity contribution in [3.63, 3.8) is 0 Å². The van der Waals surface area contributed by atoms with Crippen molar-refractivity contribution in [3.05, 3.63) is 28.5 Å². The fourth-order valence-corrected chi connectivity index (χ4v) is 4.33. The van der Waals surface area contributed by atoms with Gasteiger partial charge in [0.2, 0.25) is 0 Å². The van der Waals surface area contributed by atoms with Gasteiger partial charge >= 0.3 is 5.97 Å². The minimum absolute atomic E-state index is 0.360. The van der Waals surface area contributed by atoms with Crippen LogP contribution in [0.15, 0.2) is 22.9 Å². The number of hydrogen-bond donors (Lipinski definition) is 1. The van der Waals surface area contributed by atoms with Crippen LogP contribution in [-0.4, -0.2) is 16.1 Å². The van der Waals surface area contributed by atoms with Crippen LogP contribution in [-0.2, 0) is 11.2 Å². The van der Waals surface area contributed by atoms with Crippen LogP contribution >= 0.6 is 15.9 Å². The number of hydrogen-bond acceptors (Lipinski definition) is 2. The van der Waals surface area contributed by atoms with Gasteiger partial charge in [-0.25, -0.2) is 0 Å². The van der Waals surface area contributed by atoms with Crippen molar-refractivity contribution < 1.29 is 9.90 Å². The number of halogens is 1. The molecule has 2 aliphatic rings. The molecule has 3 atom stereocenters. The lowest BCUT2D eigenvalue weighted by Crippen LogP contribution is -2.38. The average Bonchev–Trinajstić information content (AvgIpc) is 2.89. The highest BCUT2D eigenvalue weighted by Gasteiger charge is 2.55. The number of pyridine rings is 1. The first-order valence-electron chi connectivity index (χ1n) is 6.43. The SMILES string of the molecule is O=C(O)C1(Cc2cncc(Br)c2)CC2CCC1C2. The van der Waals surface area contributed by atoms with Crippen LogP contribution < -0.4 is 0 Å². The molecule has 4 heteroatoms. The van der Waals surface area contributed by atoms with Gasteiger partial charge < -0.3 is 5.11 Å². The van der Waals surface area contributed by atoms with Gasteiger partial charge in [0.05, 0.1) is 5.41 Å². The number of aromatic nitrogens is 1. The maximum absolute atomic E-state index is 11.8. The molecule has 0 spiro atoms. The highest BCUT2D eigenvalue weighted by molar-refractivity contribution is 9.10. The Kier molecular flexibility index (Phi) is 2.93. The van der Waals surface area contributed by atoms with E-state index >= 15 is 0 Å². The second-order valence-corrected chi connectivity index (χ2v) is 6.65. The molecule has 0 radical (unpaired) electrons. The largest absolute Gasteiger partial charge is 0.481 e. The fraction of sp³-hybridized carbons (Fsp3) is 0.571. The first kappa shape index (κ1) is 12.2. The summed E-state index contributed by atoms with van der Waals surface area (Å²) in [7, 11) is 0. The second-order valence-electron chi connectivity index (χ2n) is 5.73. The molecule has 0 aliphatic heterocycles. The Hall–Kier alpha value is -0.900. The minimum Gasteiger partial charge on any atom is -0.481 e. The van der Waals surface area contributed by atoms with E-state index in [1.165, 1.54) is 6.42 Å². The zero-order chi connectivity index (χ0) is 12.8. The maximum atomic E-state index is 11.8. The van der Waals surface area contributed by atoms with Gasteiger partial charge in [0.1, 0.15) is 0 Å². The van der Waals surface area contributed by atoms with Crippen LogP contribution in [0.2, 0.25) is 0 Å². The van der Waals surface area contributed by atoms with E-state index in [1.807, 2.05) is 6.07 Å². The summed E-state index contributed by atoms with van der Waals surface area (Å²) in [4.78, 5) is 15.9. The summed E-state index contributed by atoms with van der Waals surface area (Å²) in [6, 6.07) is 1.99. The third-order valence-electron chi connectivity index (χ3n) is 4.68. The Labute approximate surface area is 115 Å². The zero-order valence-corrected chi connectivity index (χ0v) is 11.7. The Balaban J connectivity index is 1.90. The lowest BCUT2D eigenvalue weighted by molar-refractivity contribution is -0.152. The molecule has 1 aromatic rings. The first-order chi connectivity index (χ1) is 8.60. The molecule has 1 N–H and O–H groups in total. The van der Waals surface area contributed by atoms with Crippen LogP contribution in [0.25, 0.3) is 0 Å². The van der Waals surface area contributed by atoms with E-state index in [4.69, 9.17) is 0 Å². The smallest absolute Gasteiger partial charge is 0.310 e. The molecule has 3 rings (SSSR count). The van der Waals surface area contributed by atoms with E-state index in [9.17, 15) is 9.90 Å². The number of carbonyl (C=O) groups is 1. The van der Waals surface area contributed by atoms with E-state index in [-0.39, 0.29) is 0 Å². The Bertz CT molecular complexity index is 490. The van der Waals surface area contributed by atoms with Gasteiger partial charge in [0.25, 0.3) is 0 Å². The molecule has 1 aromatic heterocycles. The fourth-order valence-electron chi connectivity index (χ4n) is 3.91. The minimum atomic E-state index is -0.616. The molecule has 0 saturated heterocycles. The number of rotatable bonds is 3. The molecular formula is C14H16BrNO2. The monoisotopic (exact) mass is 309 g/mol. The highest BCUT2D eigenvalue weighted by atomic mass is 79.9. The molecule has 0 aromatic carbocycles. The van der Waals surface area contributed by atoms with Crippen LogP contribution in [0.1, 0.15) is 31.2 Å². The van der Waals surface area contributed by atoms with Crippen molar-refractivity contribution in [2.45, 2.75) is 32.1 Å². The standard InChI is InChI=1S/C14H16BrNO2/c15-12-4-10(7-16-8-12)6-14(13(17)18)5-9-1-2-11(14)3-9/h4,7-9,11H,1-3,5-6H2,(H,17,18). The van der Waals surface area contributed by atoms with Crippen molar-refractivity contribution in [1.82, 2.24) is 4.98 Å². The van der Waals surface area contributed by atoms with E-state index in [1.54, 1.807) is 12.4 Å². The zero-order valence-electron chi connectivity index (χ0n) is 10.1. The molecule has 2 saturated carbocycles. The molecule has 96 valence electrons. The molecule has 1 heterocycles. The molecular weight excluding hydrogens is 294 g/mol. The molecule has 18 heavy (non-hydrogen) atoms. The van der Waals surface area contributed by atoms with Crippen LogP contribution in [0.5, 0.6) is 0 Å². The van der Waals surface area contributed by atoms with Crippen molar-refractivity contribution in [1.29, 1.82) is 0 Å². The van der Waals surface area contributed by atoms with E-state index < -0.39 is 11.4 Å². The molecule has 2 fully saturated rings. The third kappa shape index (κ3) is 1.87. The Morgan fingerprint density at radius 1 is 1.50 bits per heavy atom. The number of carboxylic acid groups (broad SMARTS) is 1. The van der Waals surface area contributed by atoms with Crippen LogP contribution in [0.4, 0.5) is 0 Å². The first-order valence-corrected chi connectivity index (χ1v) is 7.22. The number of aliphatic carboxylic acids is 1. The molecule has 2 aliphatic carbocycles. The van der Waals surface area contributed by atoms with E-state index in [2.05, 4.69) is 20.9 Å². The predicted molar refractivity (Wildman–Crippen MR) is 71.2 cm³/mol. The highest BCUT2D eigenvalue weighted by Crippen LogP contribution is 2.57. The van der Waals surface area contributed by atoms with Crippen molar-refractivity contribution in [3.8, 4) is 0 Å². The summed E-state index contributed by atoms with van der Waals surface area (Å²) in [6.07, 6.45) is 8.40. The summed E-state index contributed by atoms with van der Waals surface area (Å²) < 4.78 is 0.920. The maximum Gasteiger partial charge on any atom is 0.310 e. The number of fused-ring (bicyclic) bond motifs is 2. The Morgan fingerprint density at radius 2 is 2.33 bits per heavy atom. The summed E-state index contributed by atoms with van der Waals surface area (Å²) in [5, 5.41) is 9.68.